The second-order valence-corrected chi connectivity index (χ2v) is 8.72. The second kappa shape index (κ2) is 7.75. The average molecular weight is 426 g/mol. The molecule has 3 nitrogen and oxygen atoms in total. The third-order valence-electron chi connectivity index (χ3n) is 6.26. The quantitative estimate of drug-likeness (QED) is 0.503. The molecule has 3 aromatic rings. The highest BCUT2D eigenvalue weighted by molar-refractivity contribution is 5.92. The minimum Gasteiger partial charge on any atom is -0.376 e. The largest absolute Gasteiger partial charge is 0.422 e. The van der Waals surface area contributed by atoms with E-state index in [-0.39, 0.29) is 0 Å². The van der Waals surface area contributed by atoms with Crippen LogP contribution in [-0.4, -0.2) is 28.1 Å². The molecular weight excluding hydrogens is 401 g/mol. The molecule has 1 N–H and O–H groups in total. The molecule has 2 atom stereocenters. The molecule has 0 bridgehead atoms. The monoisotopic (exact) mass is 426 g/mol. The molecule has 0 spiro atoms. The van der Waals surface area contributed by atoms with Crippen LogP contribution in [-0.2, 0) is 11.8 Å². The first kappa shape index (κ1) is 21.5. The fourth-order valence-electron chi connectivity index (χ4n) is 4.66. The zero-order valence-corrected chi connectivity index (χ0v) is 17.6. The molecule has 6 heteroatoms. The maximum atomic E-state index is 14.1. The number of halogens is 3. The van der Waals surface area contributed by atoms with Crippen LogP contribution < -0.4 is 0 Å². The van der Waals surface area contributed by atoms with Gasteiger partial charge in [-0.3, -0.25) is 9.98 Å². The van der Waals surface area contributed by atoms with Gasteiger partial charge in [-0.25, -0.2) is 0 Å². The molecule has 1 aliphatic rings. The number of aliphatic imine (C=N–C) groups is 1. The smallest absolute Gasteiger partial charge is 0.376 e. The van der Waals surface area contributed by atoms with Crippen LogP contribution in [0.5, 0.6) is 0 Å². The maximum Gasteiger partial charge on any atom is 0.422 e. The van der Waals surface area contributed by atoms with E-state index in [1.807, 2.05) is 31.2 Å². The third kappa shape index (κ3) is 4.09. The van der Waals surface area contributed by atoms with Crippen LogP contribution in [0.15, 0.2) is 59.6 Å². The second-order valence-electron chi connectivity index (χ2n) is 8.72. The fourth-order valence-corrected chi connectivity index (χ4v) is 4.66. The number of nitrogens with zero attached hydrogens (tertiary/aromatic N) is 2. The van der Waals surface area contributed by atoms with Gasteiger partial charge in [-0.15, -0.1) is 0 Å². The van der Waals surface area contributed by atoms with Crippen molar-refractivity contribution >= 4 is 22.8 Å². The highest BCUT2D eigenvalue weighted by Gasteiger charge is 2.56. The van der Waals surface area contributed by atoms with E-state index in [0.29, 0.717) is 29.2 Å². The molecule has 162 valence electrons. The zero-order chi connectivity index (χ0) is 22.3. The van der Waals surface area contributed by atoms with Crippen molar-refractivity contribution in [1.82, 2.24) is 4.98 Å². The Morgan fingerprint density at radius 1 is 1.10 bits per heavy atom. The van der Waals surface area contributed by atoms with Crippen molar-refractivity contribution in [1.29, 1.82) is 0 Å². The number of rotatable bonds is 4. The van der Waals surface area contributed by atoms with Gasteiger partial charge in [0, 0.05) is 17.3 Å². The molecule has 1 aliphatic carbocycles. The standard InChI is InChI=1S/C25H25F3N2O/c1-17-12-13-19-21(10-5-11-22(19)30-17)29-16-24(31,25(26,27)28)15-23(2)14-6-8-18-7-3-4-9-20(18)23/h3-5,7,9-13,16,31H,6,8,14-15H2,1-2H3. The van der Waals surface area contributed by atoms with Gasteiger partial charge >= 0.3 is 6.18 Å². The molecule has 0 saturated heterocycles. The van der Waals surface area contributed by atoms with Gasteiger partial charge in [0.1, 0.15) is 0 Å². The predicted molar refractivity (Wildman–Crippen MR) is 117 cm³/mol. The summed E-state index contributed by atoms with van der Waals surface area (Å²) in [5.41, 5.74) is -0.116. The van der Waals surface area contributed by atoms with Crippen molar-refractivity contribution < 1.29 is 18.3 Å². The fraction of sp³-hybridized carbons (Fsp3) is 0.360. The van der Waals surface area contributed by atoms with E-state index < -0.39 is 23.6 Å². The van der Waals surface area contributed by atoms with Gasteiger partial charge < -0.3 is 5.11 Å². The summed E-state index contributed by atoms with van der Waals surface area (Å²) in [7, 11) is 0. The zero-order valence-electron chi connectivity index (χ0n) is 17.6. The van der Waals surface area contributed by atoms with Crippen molar-refractivity contribution in [2.45, 2.75) is 56.7 Å². The normalized spacial score (nSPS) is 21.2. The number of fused-ring (bicyclic) bond motifs is 2. The van der Waals surface area contributed by atoms with Crippen LogP contribution in [0.4, 0.5) is 18.9 Å². The molecule has 2 unspecified atom stereocenters. The Labute approximate surface area is 179 Å². The van der Waals surface area contributed by atoms with Gasteiger partial charge in [0.25, 0.3) is 0 Å². The summed E-state index contributed by atoms with van der Waals surface area (Å²) >= 11 is 0. The van der Waals surface area contributed by atoms with E-state index in [2.05, 4.69) is 9.98 Å². The number of hydrogen-bond donors (Lipinski definition) is 1. The van der Waals surface area contributed by atoms with Crippen molar-refractivity contribution in [2.75, 3.05) is 0 Å². The molecule has 0 radical (unpaired) electrons. The van der Waals surface area contributed by atoms with E-state index in [1.54, 1.807) is 37.3 Å². The lowest BCUT2D eigenvalue weighted by Crippen LogP contribution is -2.51. The first-order valence-corrected chi connectivity index (χ1v) is 10.4. The summed E-state index contributed by atoms with van der Waals surface area (Å²) in [5, 5.41) is 11.5. The number of aliphatic hydroxyl groups is 1. The lowest BCUT2D eigenvalue weighted by molar-refractivity contribution is -0.235. The summed E-state index contributed by atoms with van der Waals surface area (Å²) in [6, 6.07) is 16.3. The van der Waals surface area contributed by atoms with Gasteiger partial charge in [0.2, 0.25) is 0 Å². The summed E-state index contributed by atoms with van der Waals surface area (Å²) in [6.07, 6.45) is -2.46. The number of benzene rings is 2. The van der Waals surface area contributed by atoms with Gasteiger partial charge in [0.05, 0.1) is 11.2 Å². The number of aromatic nitrogens is 1. The van der Waals surface area contributed by atoms with Crippen LogP contribution in [0.25, 0.3) is 10.9 Å². The Bertz CT molecular complexity index is 1140. The molecule has 4 rings (SSSR count). The highest BCUT2D eigenvalue weighted by Crippen LogP contribution is 2.46. The molecule has 1 aromatic heterocycles. The Balaban J connectivity index is 1.74. The SMILES string of the molecule is Cc1ccc2c(N=CC(O)(CC3(C)CCCc4ccccc43)C(F)(F)F)cccc2n1. The minimum absolute atomic E-state index is 0.349. The van der Waals surface area contributed by atoms with Crippen LogP contribution in [0.1, 0.15) is 43.0 Å². The first-order valence-electron chi connectivity index (χ1n) is 10.4. The summed E-state index contributed by atoms with van der Waals surface area (Å²) in [5.74, 6) is 0. The summed E-state index contributed by atoms with van der Waals surface area (Å²) < 4.78 is 42.4. The van der Waals surface area contributed by atoms with Crippen molar-refractivity contribution in [2.24, 2.45) is 4.99 Å². The minimum atomic E-state index is -4.86. The van der Waals surface area contributed by atoms with Crippen LogP contribution in [0.3, 0.4) is 0 Å². The maximum absolute atomic E-state index is 14.1. The molecule has 0 saturated carbocycles. The Morgan fingerprint density at radius 3 is 2.65 bits per heavy atom. The molecular formula is C25H25F3N2O. The van der Waals surface area contributed by atoms with E-state index >= 15 is 0 Å². The molecule has 1 heterocycles. The number of pyridine rings is 1. The number of hydrogen-bond acceptors (Lipinski definition) is 3. The molecule has 2 aromatic carbocycles. The van der Waals surface area contributed by atoms with E-state index in [1.165, 1.54) is 0 Å². The van der Waals surface area contributed by atoms with Crippen LogP contribution in [0.2, 0.25) is 0 Å². The average Bonchev–Trinajstić information content (AvgIpc) is 2.71. The molecule has 0 amide bonds. The van der Waals surface area contributed by atoms with Gasteiger partial charge in [0.15, 0.2) is 5.60 Å². The number of alkyl halides is 3. The van der Waals surface area contributed by atoms with E-state index in [0.717, 1.165) is 29.7 Å². The van der Waals surface area contributed by atoms with E-state index in [9.17, 15) is 18.3 Å². The summed E-state index contributed by atoms with van der Waals surface area (Å²) in [4.78, 5) is 8.52. The highest BCUT2D eigenvalue weighted by atomic mass is 19.4. The molecule has 0 aliphatic heterocycles. The van der Waals surface area contributed by atoms with Crippen molar-refractivity contribution in [3.8, 4) is 0 Å². The Morgan fingerprint density at radius 2 is 1.87 bits per heavy atom. The topological polar surface area (TPSA) is 45.5 Å². The van der Waals surface area contributed by atoms with Crippen molar-refractivity contribution in [3.63, 3.8) is 0 Å². The number of aryl methyl sites for hydroxylation is 2. The summed E-state index contributed by atoms with van der Waals surface area (Å²) in [6.45, 7) is 3.65. The van der Waals surface area contributed by atoms with Crippen molar-refractivity contribution in [3.05, 3.63) is 71.4 Å². The predicted octanol–water partition coefficient (Wildman–Crippen LogP) is 6.22. The molecule has 31 heavy (non-hydrogen) atoms. The van der Waals surface area contributed by atoms with Gasteiger partial charge in [-0.1, -0.05) is 37.3 Å². The van der Waals surface area contributed by atoms with Gasteiger partial charge in [-0.2, -0.15) is 13.2 Å². The van der Waals surface area contributed by atoms with Crippen LogP contribution >= 0.6 is 0 Å². The van der Waals surface area contributed by atoms with Gasteiger partial charge in [-0.05, 0) is 73.4 Å². The van der Waals surface area contributed by atoms with E-state index in [4.69, 9.17) is 0 Å². The Kier molecular flexibility index (Phi) is 5.38. The lowest BCUT2D eigenvalue weighted by atomic mass is 9.66. The lowest BCUT2D eigenvalue weighted by Gasteiger charge is -2.41. The first-order chi connectivity index (χ1) is 14.6. The van der Waals surface area contributed by atoms with Crippen LogP contribution in [0, 0.1) is 6.92 Å². The molecule has 0 fully saturated rings. The Hall–Kier alpha value is -2.73. The third-order valence-corrected chi connectivity index (χ3v) is 6.26.